The van der Waals surface area contributed by atoms with Crippen LogP contribution in [0, 0.1) is 0 Å². The van der Waals surface area contributed by atoms with Crippen LogP contribution in [0.3, 0.4) is 0 Å². The van der Waals surface area contributed by atoms with Crippen molar-refractivity contribution in [1.82, 2.24) is 9.88 Å². The molecule has 1 fully saturated rings. The first-order valence-corrected chi connectivity index (χ1v) is 8.22. The van der Waals surface area contributed by atoms with E-state index in [1.54, 1.807) is 12.3 Å². The van der Waals surface area contributed by atoms with Gasteiger partial charge in [-0.05, 0) is 17.5 Å². The summed E-state index contributed by atoms with van der Waals surface area (Å²) in [5.74, 6) is 0.815. The molecule has 1 saturated heterocycles. The van der Waals surface area contributed by atoms with Crippen LogP contribution in [0.4, 0.5) is 5.82 Å². The predicted octanol–water partition coefficient (Wildman–Crippen LogP) is 3.41. The van der Waals surface area contributed by atoms with E-state index in [9.17, 15) is 4.79 Å². The Labute approximate surface area is 136 Å². The Hall–Kier alpha value is -1.30. The molecular weight excluding hydrogens is 329 g/mol. The normalized spacial score (nSPS) is 15.3. The molecule has 0 unspecified atom stereocenters. The summed E-state index contributed by atoms with van der Waals surface area (Å²) in [6, 6.07) is 3.55. The van der Waals surface area contributed by atoms with Gasteiger partial charge in [-0.25, -0.2) is 4.98 Å². The van der Waals surface area contributed by atoms with Crippen molar-refractivity contribution < 1.29 is 4.79 Å². The smallest absolute Gasteiger partial charge is 0.254 e. The number of rotatable bonds is 2. The molecule has 21 heavy (non-hydrogen) atoms. The predicted molar refractivity (Wildman–Crippen MR) is 86.7 cm³/mol. The zero-order valence-corrected chi connectivity index (χ0v) is 13.5. The summed E-state index contributed by atoms with van der Waals surface area (Å²) in [5.41, 5.74) is 0.760. The molecule has 0 aliphatic carbocycles. The van der Waals surface area contributed by atoms with Crippen LogP contribution in [0.15, 0.2) is 29.1 Å². The third-order valence-electron chi connectivity index (χ3n) is 3.42. The molecule has 110 valence electrons. The summed E-state index contributed by atoms with van der Waals surface area (Å²) in [6.45, 7) is 2.75. The van der Waals surface area contributed by atoms with Crippen molar-refractivity contribution in [3.05, 3.63) is 44.7 Å². The third kappa shape index (κ3) is 3.15. The summed E-state index contributed by atoms with van der Waals surface area (Å²) in [7, 11) is 0. The molecule has 3 heterocycles. The lowest BCUT2D eigenvalue weighted by molar-refractivity contribution is 0.0747. The Morgan fingerprint density at radius 3 is 2.62 bits per heavy atom. The topological polar surface area (TPSA) is 36.4 Å². The SMILES string of the molecule is O=C(c1ccsc1)N1CCN(c2ncc(Cl)cc2Cl)CC1. The maximum absolute atomic E-state index is 12.3. The van der Waals surface area contributed by atoms with E-state index in [2.05, 4.69) is 9.88 Å². The number of carbonyl (C=O) groups is 1. The maximum atomic E-state index is 12.3. The summed E-state index contributed by atoms with van der Waals surface area (Å²) in [6.07, 6.45) is 1.59. The number of hydrogen-bond acceptors (Lipinski definition) is 4. The number of nitrogens with zero attached hydrogens (tertiary/aromatic N) is 3. The van der Waals surface area contributed by atoms with E-state index in [-0.39, 0.29) is 5.91 Å². The second kappa shape index (κ2) is 6.22. The van der Waals surface area contributed by atoms with Crippen LogP contribution >= 0.6 is 34.5 Å². The minimum absolute atomic E-state index is 0.0889. The number of carbonyl (C=O) groups excluding carboxylic acids is 1. The van der Waals surface area contributed by atoms with E-state index < -0.39 is 0 Å². The highest BCUT2D eigenvalue weighted by atomic mass is 35.5. The van der Waals surface area contributed by atoms with E-state index in [1.807, 2.05) is 21.7 Å². The Kier molecular flexibility index (Phi) is 4.33. The number of anilines is 1. The summed E-state index contributed by atoms with van der Waals surface area (Å²) in [4.78, 5) is 20.5. The van der Waals surface area contributed by atoms with E-state index in [0.29, 0.717) is 36.2 Å². The largest absolute Gasteiger partial charge is 0.352 e. The molecule has 0 saturated carbocycles. The molecule has 1 amide bonds. The minimum atomic E-state index is 0.0889. The van der Waals surface area contributed by atoms with E-state index in [0.717, 1.165) is 11.4 Å². The van der Waals surface area contributed by atoms with Gasteiger partial charge in [-0.3, -0.25) is 4.79 Å². The van der Waals surface area contributed by atoms with Crippen LogP contribution in [0.2, 0.25) is 10.0 Å². The lowest BCUT2D eigenvalue weighted by Crippen LogP contribution is -2.49. The van der Waals surface area contributed by atoms with Crippen LogP contribution in [0.1, 0.15) is 10.4 Å². The maximum Gasteiger partial charge on any atom is 0.254 e. The van der Waals surface area contributed by atoms with Crippen LogP contribution in [0.25, 0.3) is 0 Å². The minimum Gasteiger partial charge on any atom is -0.352 e. The average molecular weight is 342 g/mol. The van der Waals surface area contributed by atoms with Crippen LogP contribution in [-0.2, 0) is 0 Å². The van der Waals surface area contributed by atoms with Gasteiger partial charge in [-0.1, -0.05) is 23.2 Å². The van der Waals surface area contributed by atoms with Gasteiger partial charge in [0.05, 0.1) is 15.6 Å². The Morgan fingerprint density at radius 1 is 1.24 bits per heavy atom. The molecule has 2 aromatic rings. The molecule has 0 bridgehead atoms. The number of hydrogen-bond donors (Lipinski definition) is 0. The zero-order valence-electron chi connectivity index (χ0n) is 11.1. The van der Waals surface area contributed by atoms with Gasteiger partial charge in [0.15, 0.2) is 0 Å². The molecule has 0 spiro atoms. The van der Waals surface area contributed by atoms with Gasteiger partial charge >= 0.3 is 0 Å². The fraction of sp³-hybridized carbons (Fsp3) is 0.286. The molecule has 0 aromatic carbocycles. The van der Waals surface area contributed by atoms with Crippen molar-refractivity contribution in [2.75, 3.05) is 31.1 Å². The second-order valence-electron chi connectivity index (χ2n) is 4.75. The Bertz CT molecular complexity index is 640. The first kappa shape index (κ1) is 14.6. The van der Waals surface area contributed by atoms with Gasteiger partial charge in [0.25, 0.3) is 5.91 Å². The fourth-order valence-corrected chi connectivity index (χ4v) is 3.46. The molecule has 3 rings (SSSR count). The van der Waals surface area contributed by atoms with E-state index in [4.69, 9.17) is 23.2 Å². The van der Waals surface area contributed by atoms with Crippen molar-refractivity contribution >= 4 is 46.3 Å². The molecule has 0 radical (unpaired) electrons. The Morgan fingerprint density at radius 2 is 2.00 bits per heavy atom. The molecular formula is C14H13Cl2N3OS. The first-order valence-electron chi connectivity index (χ1n) is 6.52. The van der Waals surface area contributed by atoms with E-state index >= 15 is 0 Å². The van der Waals surface area contributed by atoms with Crippen molar-refractivity contribution in [3.8, 4) is 0 Å². The highest BCUT2D eigenvalue weighted by Gasteiger charge is 2.24. The first-order chi connectivity index (χ1) is 10.1. The van der Waals surface area contributed by atoms with Gasteiger partial charge in [0.2, 0.25) is 0 Å². The summed E-state index contributed by atoms with van der Waals surface area (Å²) >= 11 is 13.6. The van der Waals surface area contributed by atoms with E-state index in [1.165, 1.54) is 11.3 Å². The molecule has 4 nitrogen and oxygen atoms in total. The van der Waals surface area contributed by atoms with Crippen LogP contribution in [0.5, 0.6) is 0 Å². The standard InChI is InChI=1S/C14H13Cl2N3OS/c15-11-7-12(16)13(17-8-11)18-2-4-19(5-3-18)14(20)10-1-6-21-9-10/h1,6-9H,2-5H2. The number of amides is 1. The molecule has 0 atom stereocenters. The van der Waals surface area contributed by atoms with Gasteiger partial charge < -0.3 is 9.80 Å². The number of pyridine rings is 1. The molecule has 0 N–H and O–H groups in total. The summed E-state index contributed by atoms with van der Waals surface area (Å²) in [5, 5.41) is 4.86. The highest BCUT2D eigenvalue weighted by molar-refractivity contribution is 7.08. The summed E-state index contributed by atoms with van der Waals surface area (Å²) < 4.78 is 0. The van der Waals surface area contributed by atoms with Crippen LogP contribution < -0.4 is 4.90 Å². The average Bonchev–Trinajstić information content (AvgIpc) is 3.01. The van der Waals surface area contributed by atoms with Gasteiger partial charge in [-0.2, -0.15) is 11.3 Å². The number of halogens is 2. The second-order valence-corrected chi connectivity index (χ2v) is 6.37. The number of piperazine rings is 1. The number of thiophene rings is 1. The quantitative estimate of drug-likeness (QED) is 0.839. The van der Waals surface area contributed by atoms with Crippen molar-refractivity contribution in [3.63, 3.8) is 0 Å². The Balaban J connectivity index is 1.66. The van der Waals surface area contributed by atoms with Crippen molar-refractivity contribution in [2.24, 2.45) is 0 Å². The lowest BCUT2D eigenvalue weighted by atomic mass is 10.2. The van der Waals surface area contributed by atoms with Gasteiger partial charge in [-0.15, -0.1) is 0 Å². The van der Waals surface area contributed by atoms with Crippen LogP contribution in [-0.4, -0.2) is 42.0 Å². The molecule has 1 aliphatic rings. The van der Waals surface area contributed by atoms with Gasteiger partial charge in [0, 0.05) is 37.8 Å². The fourth-order valence-electron chi connectivity index (χ4n) is 2.33. The van der Waals surface area contributed by atoms with Gasteiger partial charge in [0.1, 0.15) is 5.82 Å². The molecule has 2 aromatic heterocycles. The van der Waals surface area contributed by atoms with Crippen molar-refractivity contribution in [1.29, 1.82) is 0 Å². The number of aromatic nitrogens is 1. The zero-order chi connectivity index (χ0) is 14.8. The third-order valence-corrected chi connectivity index (χ3v) is 4.59. The molecule has 1 aliphatic heterocycles. The lowest BCUT2D eigenvalue weighted by Gasteiger charge is -2.35. The molecule has 7 heteroatoms. The van der Waals surface area contributed by atoms with Crippen molar-refractivity contribution in [2.45, 2.75) is 0 Å². The highest BCUT2D eigenvalue weighted by Crippen LogP contribution is 2.27. The monoisotopic (exact) mass is 341 g/mol.